The summed E-state index contributed by atoms with van der Waals surface area (Å²) < 4.78 is 20.0. The van der Waals surface area contributed by atoms with Gasteiger partial charge < -0.3 is 14.2 Å². The van der Waals surface area contributed by atoms with E-state index in [9.17, 15) is 9.18 Å². The highest BCUT2D eigenvalue weighted by Gasteiger charge is 2.25. The van der Waals surface area contributed by atoms with Crippen LogP contribution in [0.2, 0.25) is 0 Å². The number of rotatable bonds is 6. The first kappa shape index (κ1) is 20.1. The molecule has 0 aliphatic carbocycles. The minimum Gasteiger partial charge on any atom is -0.440 e. The Morgan fingerprint density at radius 2 is 1.73 bits per heavy atom. The number of nitrogens with zero attached hydrogens (tertiary/aromatic N) is 3. The van der Waals surface area contributed by atoms with Gasteiger partial charge in [0, 0.05) is 31.7 Å². The van der Waals surface area contributed by atoms with Gasteiger partial charge in [-0.15, -0.1) is 0 Å². The highest BCUT2D eigenvalue weighted by Crippen LogP contribution is 2.24. The van der Waals surface area contributed by atoms with Gasteiger partial charge >= 0.3 is 0 Å². The predicted octanol–water partition coefficient (Wildman–Crippen LogP) is 4.32. The molecule has 4 rings (SSSR count). The molecule has 156 valence electrons. The van der Waals surface area contributed by atoms with Crippen LogP contribution < -0.4 is 4.90 Å². The van der Waals surface area contributed by atoms with Crippen molar-refractivity contribution in [2.24, 2.45) is 0 Å². The topological polar surface area (TPSA) is 49.6 Å². The SMILES string of the molecule is CCCc1nc(-c2ccccc2)oc1CC(=O)N1CCN(c2ccccc2F)CC1. The number of halogens is 1. The molecule has 0 spiro atoms. The van der Waals surface area contributed by atoms with Crippen molar-refractivity contribution < 1.29 is 13.6 Å². The van der Waals surface area contributed by atoms with Gasteiger partial charge in [-0.3, -0.25) is 4.79 Å². The number of piperazine rings is 1. The number of carbonyl (C=O) groups excluding carboxylic acids is 1. The molecule has 0 saturated carbocycles. The minimum absolute atomic E-state index is 0.0244. The van der Waals surface area contributed by atoms with E-state index in [0.717, 1.165) is 24.1 Å². The van der Waals surface area contributed by atoms with E-state index in [0.29, 0.717) is 43.5 Å². The molecular formula is C24H26FN3O2. The van der Waals surface area contributed by atoms with Crippen molar-refractivity contribution in [2.75, 3.05) is 31.1 Å². The molecule has 5 nitrogen and oxygen atoms in total. The molecule has 1 fully saturated rings. The van der Waals surface area contributed by atoms with Crippen LogP contribution in [0.15, 0.2) is 59.0 Å². The van der Waals surface area contributed by atoms with Crippen molar-refractivity contribution in [3.63, 3.8) is 0 Å². The van der Waals surface area contributed by atoms with Gasteiger partial charge in [-0.25, -0.2) is 9.37 Å². The summed E-state index contributed by atoms with van der Waals surface area (Å²) in [5.74, 6) is 1.01. The van der Waals surface area contributed by atoms with Crippen LogP contribution >= 0.6 is 0 Å². The van der Waals surface area contributed by atoms with E-state index in [1.165, 1.54) is 6.07 Å². The quantitative estimate of drug-likeness (QED) is 0.611. The van der Waals surface area contributed by atoms with Crippen molar-refractivity contribution >= 4 is 11.6 Å². The Morgan fingerprint density at radius 3 is 2.43 bits per heavy atom. The van der Waals surface area contributed by atoms with Crippen LogP contribution in [0.1, 0.15) is 24.8 Å². The van der Waals surface area contributed by atoms with Gasteiger partial charge in [0.2, 0.25) is 11.8 Å². The van der Waals surface area contributed by atoms with E-state index in [1.807, 2.05) is 46.2 Å². The van der Waals surface area contributed by atoms with Crippen molar-refractivity contribution in [1.29, 1.82) is 0 Å². The number of oxazole rings is 1. The third-order valence-electron chi connectivity index (χ3n) is 5.42. The number of aryl methyl sites for hydroxylation is 1. The van der Waals surface area contributed by atoms with E-state index in [4.69, 9.17) is 4.42 Å². The molecule has 3 aromatic rings. The molecule has 0 radical (unpaired) electrons. The Hall–Kier alpha value is -3.15. The number of para-hydroxylation sites is 1. The number of aromatic nitrogens is 1. The second-order valence-corrected chi connectivity index (χ2v) is 7.50. The lowest BCUT2D eigenvalue weighted by molar-refractivity contribution is -0.131. The maximum absolute atomic E-state index is 14.0. The van der Waals surface area contributed by atoms with E-state index < -0.39 is 0 Å². The fraction of sp³-hybridized carbons (Fsp3) is 0.333. The molecule has 1 saturated heterocycles. The average molecular weight is 407 g/mol. The maximum atomic E-state index is 14.0. The average Bonchev–Trinajstić information content (AvgIpc) is 3.17. The van der Waals surface area contributed by atoms with Crippen LogP contribution in [-0.4, -0.2) is 42.0 Å². The number of anilines is 1. The van der Waals surface area contributed by atoms with Crippen molar-refractivity contribution in [1.82, 2.24) is 9.88 Å². The first-order valence-corrected chi connectivity index (χ1v) is 10.5. The lowest BCUT2D eigenvalue weighted by atomic mass is 10.1. The summed E-state index contributed by atoms with van der Waals surface area (Å²) in [7, 11) is 0. The number of benzene rings is 2. The predicted molar refractivity (Wildman–Crippen MR) is 115 cm³/mol. The number of hydrogen-bond acceptors (Lipinski definition) is 4. The first-order chi connectivity index (χ1) is 14.7. The summed E-state index contributed by atoms with van der Waals surface area (Å²) >= 11 is 0. The lowest BCUT2D eigenvalue weighted by Crippen LogP contribution is -2.49. The maximum Gasteiger partial charge on any atom is 0.230 e. The van der Waals surface area contributed by atoms with Gasteiger partial charge in [0.05, 0.1) is 17.8 Å². The van der Waals surface area contributed by atoms with Crippen LogP contribution in [-0.2, 0) is 17.6 Å². The lowest BCUT2D eigenvalue weighted by Gasteiger charge is -2.36. The summed E-state index contributed by atoms with van der Waals surface area (Å²) in [5.41, 5.74) is 2.36. The van der Waals surface area contributed by atoms with E-state index in [2.05, 4.69) is 11.9 Å². The highest BCUT2D eigenvalue weighted by molar-refractivity contribution is 5.79. The summed E-state index contributed by atoms with van der Waals surface area (Å²) in [4.78, 5) is 21.4. The van der Waals surface area contributed by atoms with Crippen LogP contribution in [0.5, 0.6) is 0 Å². The van der Waals surface area contributed by atoms with E-state index in [-0.39, 0.29) is 18.1 Å². The Balaban J connectivity index is 1.43. The van der Waals surface area contributed by atoms with Crippen LogP contribution in [0, 0.1) is 5.82 Å². The van der Waals surface area contributed by atoms with Gasteiger partial charge in [0.1, 0.15) is 11.6 Å². The van der Waals surface area contributed by atoms with Gasteiger partial charge in [-0.2, -0.15) is 0 Å². The zero-order valence-electron chi connectivity index (χ0n) is 17.2. The van der Waals surface area contributed by atoms with Gasteiger partial charge in [-0.05, 0) is 30.7 Å². The van der Waals surface area contributed by atoms with Gasteiger partial charge in [0.15, 0.2) is 0 Å². The van der Waals surface area contributed by atoms with Crippen LogP contribution in [0.3, 0.4) is 0 Å². The van der Waals surface area contributed by atoms with Gasteiger partial charge in [-0.1, -0.05) is 43.7 Å². The molecule has 1 aliphatic rings. The molecule has 1 aromatic heterocycles. The first-order valence-electron chi connectivity index (χ1n) is 10.5. The normalized spacial score (nSPS) is 14.2. The Bertz CT molecular complexity index is 995. The molecule has 0 N–H and O–H groups in total. The molecular weight excluding hydrogens is 381 g/mol. The fourth-order valence-corrected chi connectivity index (χ4v) is 3.81. The van der Waals surface area contributed by atoms with E-state index >= 15 is 0 Å². The Labute approximate surface area is 176 Å². The third kappa shape index (κ3) is 4.37. The van der Waals surface area contributed by atoms with Gasteiger partial charge in [0.25, 0.3) is 0 Å². The monoisotopic (exact) mass is 407 g/mol. The summed E-state index contributed by atoms with van der Waals surface area (Å²) in [6.07, 6.45) is 1.91. The standard InChI is InChI=1S/C24H26FN3O2/c1-2-8-20-22(30-24(26-20)18-9-4-3-5-10-18)17-23(29)28-15-13-27(14-16-28)21-12-7-6-11-19(21)25/h3-7,9-12H,2,8,13-17H2,1H3. The molecule has 2 aromatic carbocycles. The zero-order chi connectivity index (χ0) is 20.9. The van der Waals surface area contributed by atoms with Crippen LogP contribution in [0.4, 0.5) is 10.1 Å². The largest absolute Gasteiger partial charge is 0.440 e. The van der Waals surface area contributed by atoms with Crippen molar-refractivity contribution in [3.05, 3.63) is 71.9 Å². The molecule has 1 aliphatic heterocycles. The number of amides is 1. The molecule has 6 heteroatoms. The van der Waals surface area contributed by atoms with E-state index in [1.54, 1.807) is 12.1 Å². The molecule has 1 amide bonds. The second-order valence-electron chi connectivity index (χ2n) is 7.50. The summed E-state index contributed by atoms with van der Waals surface area (Å²) in [6, 6.07) is 16.5. The van der Waals surface area contributed by atoms with Crippen molar-refractivity contribution in [2.45, 2.75) is 26.2 Å². The van der Waals surface area contributed by atoms with Crippen LogP contribution in [0.25, 0.3) is 11.5 Å². The third-order valence-corrected chi connectivity index (χ3v) is 5.42. The molecule has 0 unspecified atom stereocenters. The molecule has 2 heterocycles. The Kier molecular flexibility index (Phi) is 6.12. The summed E-state index contributed by atoms with van der Waals surface area (Å²) in [5, 5.41) is 0. The fourth-order valence-electron chi connectivity index (χ4n) is 3.81. The number of carbonyl (C=O) groups is 1. The second kappa shape index (κ2) is 9.11. The zero-order valence-corrected chi connectivity index (χ0v) is 17.2. The molecule has 0 atom stereocenters. The minimum atomic E-state index is -0.225. The van der Waals surface area contributed by atoms with Crippen molar-refractivity contribution in [3.8, 4) is 11.5 Å². The highest BCUT2D eigenvalue weighted by atomic mass is 19.1. The molecule has 0 bridgehead atoms. The number of hydrogen-bond donors (Lipinski definition) is 0. The Morgan fingerprint density at radius 1 is 1.03 bits per heavy atom. The smallest absolute Gasteiger partial charge is 0.230 e. The summed E-state index contributed by atoms with van der Waals surface area (Å²) in [6.45, 7) is 4.44. The molecule has 30 heavy (non-hydrogen) atoms.